The molecule has 6 nitrogen and oxygen atoms in total. The van der Waals surface area contributed by atoms with E-state index in [2.05, 4.69) is 4.74 Å². The molecule has 1 saturated carbocycles. The van der Waals surface area contributed by atoms with E-state index in [1.54, 1.807) is 0 Å². The Hall–Kier alpha value is -3.65. The van der Waals surface area contributed by atoms with Gasteiger partial charge >= 0.3 is 24.8 Å². The molecule has 1 saturated heterocycles. The van der Waals surface area contributed by atoms with E-state index < -0.39 is 65.9 Å². The van der Waals surface area contributed by atoms with Gasteiger partial charge in [0.05, 0.1) is 23.7 Å². The molecular formula is C29H29F9N2O4. The summed E-state index contributed by atoms with van der Waals surface area (Å²) in [6.45, 7) is 4.69. The van der Waals surface area contributed by atoms with Gasteiger partial charge in [-0.1, -0.05) is 20.3 Å². The number of ether oxygens (including phenoxy) is 2. The van der Waals surface area contributed by atoms with Crippen molar-refractivity contribution < 1.29 is 58.6 Å². The highest BCUT2D eigenvalue weighted by atomic mass is 19.4. The molecule has 0 bridgehead atoms. The zero-order chi connectivity index (χ0) is 32.8. The Labute approximate surface area is 246 Å². The smallest absolute Gasteiger partial charge is 0.439 e. The molecule has 2 fully saturated rings. The first-order valence-electron chi connectivity index (χ1n) is 13.7. The summed E-state index contributed by atoms with van der Waals surface area (Å²) in [5, 5.41) is 0. The summed E-state index contributed by atoms with van der Waals surface area (Å²) >= 11 is 0. The maximum Gasteiger partial charge on any atom is 0.573 e. The Morgan fingerprint density at radius 1 is 0.977 bits per heavy atom. The third-order valence-corrected chi connectivity index (χ3v) is 7.51. The first kappa shape index (κ1) is 33.2. The number of rotatable bonds is 8. The zero-order valence-corrected chi connectivity index (χ0v) is 23.7. The Kier molecular flexibility index (Phi) is 9.09. The lowest BCUT2D eigenvalue weighted by molar-refractivity contribution is -0.274. The van der Waals surface area contributed by atoms with Gasteiger partial charge in [0.15, 0.2) is 0 Å². The fraction of sp³-hybridized carbons (Fsp3) is 0.517. The molecule has 1 heterocycles. The average molecular weight is 641 g/mol. The van der Waals surface area contributed by atoms with Crippen LogP contribution in [0.15, 0.2) is 36.4 Å². The van der Waals surface area contributed by atoms with Gasteiger partial charge in [0.25, 0.3) is 0 Å². The third kappa shape index (κ3) is 7.52. The Balaban J connectivity index is 1.73. The van der Waals surface area contributed by atoms with E-state index in [0.29, 0.717) is 25.0 Å². The summed E-state index contributed by atoms with van der Waals surface area (Å²) < 4.78 is 129. The summed E-state index contributed by atoms with van der Waals surface area (Å²) in [6, 6.07) is 2.96. The lowest BCUT2D eigenvalue weighted by Crippen LogP contribution is -2.42. The molecule has 1 aliphatic heterocycles. The highest BCUT2D eigenvalue weighted by Gasteiger charge is 2.44. The highest BCUT2D eigenvalue weighted by molar-refractivity contribution is 5.96. The van der Waals surface area contributed by atoms with E-state index in [4.69, 9.17) is 4.74 Å². The summed E-state index contributed by atoms with van der Waals surface area (Å²) in [5.74, 6) is -1.27. The van der Waals surface area contributed by atoms with Crippen LogP contribution in [0.4, 0.5) is 50.0 Å². The second kappa shape index (κ2) is 12.0. The number of hydrogen-bond donors (Lipinski definition) is 0. The molecule has 242 valence electrons. The van der Waals surface area contributed by atoms with E-state index >= 15 is 0 Å². The van der Waals surface area contributed by atoms with Gasteiger partial charge in [-0.25, -0.2) is 4.79 Å². The minimum atomic E-state index is -5.14. The van der Waals surface area contributed by atoms with Crippen molar-refractivity contribution >= 4 is 17.7 Å². The molecule has 0 N–H and O–H groups in total. The number of hydrogen-bond acceptors (Lipinski definition) is 4. The molecule has 0 radical (unpaired) electrons. The number of amides is 2. The second-order valence-electron chi connectivity index (χ2n) is 11.3. The van der Waals surface area contributed by atoms with E-state index in [-0.39, 0.29) is 41.6 Å². The molecule has 0 unspecified atom stereocenters. The standard InChI is InChI=1S/C29H29F9N2O4/c1-15(2)13-40(25(41)17-5-4-6-17)23-8-7-22(44-29(36,37)38)11-19(23)14-39-16(3)24(43-26(39)42)18-9-20(27(30,31)32)12-21(10-18)28(33,34)35/h7-12,15-17,24H,4-6,13-14H2,1-3H3/t16-,24-/m0/s1. The number of alkyl halides is 9. The lowest BCUT2D eigenvalue weighted by atomic mass is 9.84. The van der Waals surface area contributed by atoms with Crippen molar-refractivity contribution in [2.45, 2.75) is 77.4 Å². The minimum Gasteiger partial charge on any atom is -0.439 e. The molecule has 0 aromatic heterocycles. The first-order valence-corrected chi connectivity index (χ1v) is 13.7. The molecular weight excluding hydrogens is 611 g/mol. The average Bonchev–Trinajstić information content (AvgIpc) is 3.12. The molecule has 2 aliphatic rings. The van der Waals surface area contributed by atoms with E-state index in [1.165, 1.54) is 17.9 Å². The van der Waals surface area contributed by atoms with Gasteiger partial charge in [-0.3, -0.25) is 9.69 Å². The van der Waals surface area contributed by atoms with Crippen LogP contribution in [-0.4, -0.2) is 35.8 Å². The van der Waals surface area contributed by atoms with Crippen molar-refractivity contribution in [3.8, 4) is 5.75 Å². The minimum absolute atomic E-state index is 0.0320. The van der Waals surface area contributed by atoms with Crippen LogP contribution in [-0.2, 0) is 28.4 Å². The van der Waals surface area contributed by atoms with Crippen LogP contribution in [0.25, 0.3) is 0 Å². The second-order valence-corrected chi connectivity index (χ2v) is 11.3. The Morgan fingerprint density at radius 3 is 2.05 bits per heavy atom. The fourth-order valence-corrected chi connectivity index (χ4v) is 5.18. The number of anilines is 1. The number of carbonyl (C=O) groups excluding carboxylic acids is 2. The Bertz CT molecular complexity index is 1350. The van der Waals surface area contributed by atoms with E-state index in [1.807, 2.05) is 13.8 Å². The molecule has 2 atom stereocenters. The summed E-state index contributed by atoms with van der Waals surface area (Å²) in [5.41, 5.74) is -3.53. The van der Waals surface area contributed by atoms with Crippen LogP contribution in [0.5, 0.6) is 5.75 Å². The van der Waals surface area contributed by atoms with E-state index in [9.17, 15) is 49.1 Å². The number of carbonyl (C=O) groups is 2. The van der Waals surface area contributed by atoms with Gasteiger partial charge < -0.3 is 14.4 Å². The maximum atomic E-state index is 13.5. The molecule has 44 heavy (non-hydrogen) atoms. The molecule has 2 amide bonds. The molecule has 4 rings (SSSR count). The summed E-state index contributed by atoms with van der Waals surface area (Å²) in [6.07, 6.45) is -15.9. The molecule has 2 aromatic carbocycles. The quantitative estimate of drug-likeness (QED) is 0.272. The van der Waals surface area contributed by atoms with Crippen molar-refractivity contribution in [1.82, 2.24) is 4.90 Å². The largest absolute Gasteiger partial charge is 0.573 e. The van der Waals surface area contributed by atoms with Gasteiger partial charge in [0, 0.05) is 18.2 Å². The van der Waals surface area contributed by atoms with Gasteiger partial charge in [0.2, 0.25) is 5.91 Å². The van der Waals surface area contributed by atoms with Crippen molar-refractivity contribution in [3.63, 3.8) is 0 Å². The van der Waals surface area contributed by atoms with Gasteiger partial charge in [0.1, 0.15) is 11.9 Å². The molecule has 1 aliphatic carbocycles. The third-order valence-electron chi connectivity index (χ3n) is 7.51. The maximum absolute atomic E-state index is 13.5. The fourth-order valence-electron chi connectivity index (χ4n) is 5.18. The van der Waals surface area contributed by atoms with Crippen LogP contribution in [0, 0.1) is 11.8 Å². The highest BCUT2D eigenvalue weighted by Crippen LogP contribution is 2.42. The van der Waals surface area contributed by atoms with Crippen LogP contribution in [0.3, 0.4) is 0 Å². The van der Waals surface area contributed by atoms with Gasteiger partial charge in [-0.2, -0.15) is 26.3 Å². The normalized spacial score (nSPS) is 19.7. The lowest BCUT2D eigenvalue weighted by Gasteiger charge is -2.34. The predicted octanol–water partition coefficient (Wildman–Crippen LogP) is 8.49. The van der Waals surface area contributed by atoms with Crippen LogP contribution < -0.4 is 9.64 Å². The van der Waals surface area contributed by atoms with Crippen LogP contribution in [0.2, 0.25) is 0 Å². The SMILES string of the molecule is CC(C)CN(C(=O)C1CCC1)c1ccc(OC(F)(F)F)cc1CN1C(=O)O[C@H](c2cc(C(F)(F)F)cc(C(F)(F)F)c2)[C@@H]1C. The molecule has 0 spiro atoms. The van der Waals surface area contributed by atoms with Crippen molar-refractivity contribution in [2.75, 3.05) is 11.4 Å². The van der Waals surface area contributed by atoms with E-state index in [0.717, 1.165) is 23.5 Å². The number of benzene rings is 2. The monoisotopic (exact) mass is 640 g/mol. The summed E-state index contributed by atoms with van der Waals surface area (Å²) in [7, 11) is 0. The number of halogens is 9. The number of nitrogens with zero attached hydrogens (tertiary/aromatic N) is 2. The summed E-state index contributed by atoms with van der Waals surface area (Å²) in [4.78, 5) is 28.7. The first-order chi connectivity index (χ1) is 20.2. The van der Waals surface area contributed by atoms with Crippen molar-refractivity contribution in [2.24, 2.45) is 11.8 Å². The number of cyclic esters (lactones) is 1. The van der Waals surface area contributed by atoms with Crippen LogP contribution >= 0.6 is 0 Å². The van der Waals surface area contributed by atoms with Crippen LogP contribution in [0.1, 0.15) is 68.4 Å². The molecule has 15 heteroatoms. The molecule has 2 aromatic rings. The van der Waals surface area contributed by atoms with Crippen molar-refractivity contribution in [1.29, 1.82) is 0 Å². The van der Waals surface area contributed by atoms with Crippen molar-refractivity contribution in [3.05, 3.63) is 58.7 Å². The predicted molar refractivity (Wildman–Crippen MR) is 138 cm³/mol. The van der Waals surface area contributed by atoms with Gasteiger partial charge in [-0.05, 0) is 73.2 Å². The zero-order valence-electron chi connectivity index (χ0n) is 23.7. The van der Waals surface area contributed by atoms with Gasteiger partial charge in [-0.15, -0.1) is 13.2 Å². The topological polar surface area (TPSA) is 59.1 Å². The Morgan fingerprint density at radius 2 is 1.57 bits per heavy atom.